The predicted octanol–water partition coefficient (Wildman–Crippen LogP) is 3.24. The molecule has 2 rings (SSSR count). The lowest BCUT2D eigenvalue weighted by Gasteiger charge is -2.07. The molecule has 2 aromatic rings. The van der Waals surface area contributed by atoms with Crippen LogP contribution < -0.4 is 5.32 Å². The van der Waals surface area contributed by atoms with Crippen LogP contribution in [-0.2, 0) is 11.2 Å². The van der Waals surface area contributed by atoms with E-state index in [1.807, 2.05) is 13.0 Å². The number of carbonyl (C=O) groups is 1. The van der Waals surface area contributed by atoms with Crippen molar-refractivity contribution in [2.45, 2.75) is 13.3 Å². The minimum atomic E-state index is -0.473. The molecule has 21 heavy (non-hydrogen) atoms. The Kier molecular flexibility index (Phi) is 4.64. The number of benzene rings is 1. The van der Waals surface area contributed by atoms with Crippen molar-refractivity contribution >= 4 is 33.3 Å². The number of pyridine rings is 1. The van der Waals surface area contributed by atoms with Crippen molar-refractivity contribution in [2.24, 2.45) is 0 Å². The van der Waals surface area contributed by atoms with Crippen LogP contribution >= 0.6 is 15.9 Å². The van der Waals surface area contributed by atoms with Crippen molar-refractivity contribution in [3.05, 3.63) is 62.2 Å². The van der Waals surface area contributed by atoms with E-state index in [4.69, 9.17) is 0 Å². The van der Waals surface area contributed by atoms with E-state index in [0.717, 1.165) is 10.0 Å². The molecule has 0 radical (unpaired) electrons. The molecule has 108 valence electrons. The summed E-state index contributed by atoms with van der Waals surface area (Å²) >= 11 is 3.30. The molecule has 0 bridgehead atoms. The third kappa shape index (κ3) is 4.09. The van der Waals surface area contributed by atoms with Gasteiger partial charge in [-0.25, -0.2) is 4.98 Å². The lowest BCUT2D eigenvalue weighted by Crippen LogP contribution is -2.16. The van der Waals surface area contributed by atoms with Gasteiger partial charge in [0, 0.05) is 22.8 Å². The second-order valence-electron chi connectivity index (χ2n) is 4.47. The Morgan fingerprint density at radius 1 is 1.38 bits per heavy atom. The molecule has 6 nitrogen and oxygen atoms in total. The molecule has 0 unspecified atom stereocenters. The molecule has 1 N–H and O–H groups in total. The summed E-state index contributed by atoms with van der Waals surface area (Å²) in [7, 11) is 0. The van der Waals surface area contributed by atoms with Crippen molar-refractivity contribution in [3.63, 3.8) is 0 Å². The maximum Gasteiger partial charge on any atom is 0.269 e. The van der Waals surface area contributed by atoms with Gasteiger partial charge in [0.1, 0.15) is 5.82 Å². The zero-order valence-electron chi connectivity index (χ0n) is 11.2. The van der Waals surface area contributed by atoms with Crippen LogP contribution in [-0.4, -0.2) is 15.8 Å². The van der Waals surface area contributed by atoms with Crippen LogP contribution in [0.1, 0.15) is 11.1 Å². The van der Waals surface area contributed by atoms with Crippen LogP contribution in [0, 0.1) is 17.0 Å². The first-order chi connectivity index (χ1) is 9.95. The number of hydrogen-bond acceptors (Lipinski definition) is 4. The highest BCUT2D eigenvalue weighted by molar-refractivity contribution is 9.10. The number of carbonyl (C=O) groups excluding carboxylic acids is 1. The van der Waals surface area contributed by atoms with E-state index in [0.29, 0.717) is 11.4 Å². The Bertz CT molecular complexity index is 686. The summed E-state index contributed by atoms with van der Waals surface area (Å²) in [6.45, 7) is 1.85. The summed E-state index contributed by atoms with van der Waals surface area (Å²) in [6, 6.07) is 7.76. The van der Waals surface area contributed by atoms with Gasteiger partial charge >= 0.3 is 0 Å². The summed E-state index contributed by atoms with van der Waals surface area (Å²) < 4.78 is 0.841. The van der Waals surface area contributed by atoms with Crippen molar-refractivity contribution in [2.75, 3.05) is 5.32 Å². The van der Waals surface area contributed by atoms with Gasteiger partial charge in [-0.05, 0) is 40.0 Å². The fraction of sp³-hybridized carbons (Fsp3) is 0.143. The van der Waals surface area contributed by atoms with E-state index in [1.165, 1.54) is 12.1 Å². The molecule has 0 aliphatic heterocycles. The number of aromatic nitrogens is 1. The van der Waals surface area contributed by atoms with Gasteiger partial charge in [0.25, 0.3) is 5.69 Å². The topological polar surface area (TPSA) is 85.1 Å². The summed E-state index contributed by atoms with van der Waals surface area (Å²) in [5.41, 5.74) is 1.55. The molecule has 0 spiro atoms. The lowest BCUT2D eigenvalue weighted by molar-refractivity contribution is -0.384. The van der Waals surface area contributed by atoms with Gasteiger partial charge in [-0.3, -0.25) is 14.9 Å². The van der Waals surface area contributed by atoms with E-state index in [2.05, 4.69) is 26.2 Å². The van der Waals surface area contributed by atoms with Crippen molar-refractivity contribution in [1.29, 1.82) is 0 Å². The molecule has 0 atom stereocenters. The minimum absolute atomic E-state index is 0.00424. The molecular formula is C14H12BrN3O3. The first-order valence-corrected chi connectivity index (χ1v) is 6.90. The van der Waals surface area contributed by atoms with Crippen LogP contribution in [0.25, 0.3) is 0 Å². The quantitative estimate of drug-likeness (QED) is 0.678. The number of nitro benzene ring substituents is 1. The van der Waals surface area contributed by atoms with Crippen LogP contribution in [0.5, 0.6) is 0 Å². The van der Waals surface area contributed by atoms with Gasteiger partial charge in [0.05, 0.1) is 11.3 Å². The molecule has 1 amide bonds. The third-order valence-electron chi connectivity index (χ3n) is 2.81. The molecule has 0 fully saturated rings. The average molecular weight is 350 g/mol. The highest BCUT2D eigenvalue weighted by atomic mass is 79.9. The minimum Gasteiger partial charge on any atom is -0.310 e. The highest BCUT2D eigenvalue weighted by Crippen LogP contribution is 2.17. The smallest absolute Gasteiger partial charge is 0.269 e. The first kappa shape index (κ1) is 15.1. The van der Waals surface area contributed by atoms with Crippen molar-refractivity contribution < 1.29 is 9.72 Å². The monoisotopic (exact) mass is 349 g/mol. The molecule has 0 aliphatic carbocycles. The fourth-order valence-electron chi connectivity index (χ4n) is 1.77. The van der Waals surface area contributed by atoms with Crippen LogP contribution in [0.15, 0.2) is 41.0 Å². The van der Waals surface area contributed by atoms with Crippen LogP contribution in [0.3, 0.4) is 0 Å². The van der Waals surface area contributed by atoms with Gasteiger partial charge < -0.3 is 5.32 Å². The van der Waals surface area contributed by atoms with E-state index >= 15 is 0 Å². The Labute approximate surface area is 129 Å². The number of aryl methyl sites for hydroxylation is 1. The lowest BCUT2D eigenvalue weighted by atomic mass is 10.1. The predicted molar refractivity (Wildman–Crippen MR) is 82.1 cm³/mol. The standard InChI is InChI=1S/C14H12BrN3O3/c1-9-6-11(15)8-16-14(9)17-13(19)7-10-2-4-12(5-3-10)18(20)21/h2-6,8H,7H2,1H3,(H,16,17,19). The molecule has 1 heterocycles. The number of hydrogen-bond donors (Lipinski definition) is 1. The Morgan fingerprint density at radius 2 is 2.05 bits per heavy atom. The molecule has 0 saturated heterocycles. The summed E-state index contributed by atoms with van der Waals surface area (Å²) in [6.07, 6.45) is 1.74. The van der Waals surface area contributed by atoms with Gasteiger partial charge in [-0.1, -0.05) is 12.1 Å². The van der Waals surface area contributed by atoms with E-state index in [-0.39, 0.29) is 18.0 Å². The maximum atomic E-state index is 11.9. The zero-order valence-corrected chi connectivity index (χ0v) is 12.8. The second kappa shape index (κ2) is 6.45. The summed E-state index contributed by atoms with van der Waals surface area (Å²) in [4.78, 5) is 26.2. The van der Waals surface area contributed by atoms with Crippen molar-refractivity contribution in [3.8, 4) is 0 Å². The van der Waals surface area contributed by atoms with E-state index < -0.39 is 4.92 Å². The number of nitrogens with one attached hydrogen (secondary N) is 1. The first-order valence-electron chi connectivity index (χ1n) is 6.11. The maximum absolute atomic E-state index is 11.9. The largest absolute Gasteiger partial charge is 0.310 e. The molecule has 0 aliphatic rings. The fourth-order valence-corrected chi connectivity index (χ4v) is 2.21. The van der Waals surface area contributed by atoms with Crippen molar-refractivity contribution in [1.82, 2.24) is 4.98 Å². The van der Waals surface area contributed by atoms with Gasteiger partial charge in [0.2, 0.25) is 5.91 Å². The summed E-state index contributed by atoms with van der Waals surface area (Å²) in [5.74, 6) is 0.284. The number of halogens is 1. The zero-order chi connectivity index (χ0) is 15.4. The van der Waals surface area contributed by atoms with Crippen LogP contribution in [0.2, 0.25) is 0 Å². The molecular weight excluding hydrogens is 338 g/mol. The Balaban J connectivity index is 2.02. The SMILES string of the molecule is Cc1cc(Br)cnc1NC(=O)Cc1ccc([N+](=O)[O-])cc1. The number of rotatable bonds is 4. The van der Waals surface area contributed by atoms with Gasteiger partial charge in [-0.2, -0.15) is 0 Å². The Morgan fingerprint density at radius 3 is 2.62 bits per heavy atom. The second-order valence-corrected chi connectivity index (χ2v) is 5.38. The summed E-state index contributed by atoms with van der Waals surface area (Å²) in [5, 5.41) is 13.3. The molecule has 1 aromatic carbocycles. The van der Waals surface area contributed by atoms with Crippen LogP contribution in [0.4, 0.5) is 11.5 Å². The van der Waals surface area contributed by atoms with E-state index in [1.54, 1.807) is 18.3 Å². The van der Waals surface area contributed by atoms with Gasteiger partial charge in [0.15, 0.2) is 0 Å². The Hall–Kier alpha value is -2.28. The number of nitro groups is 1. The number of anilines is 1. The molecule has 1 aromatic heterocycles. The van der Waals surface area contributed by atoms with E-state index in [9.17, 15) is 14.9 Å². The van der Waals surface area contributed by atoms with Gasteiger partial charge in [-0.15, -0.1) is 0 Å². The number of amides is 1. The molecule has 7 heteroatoms. The number of nitrogens with zero attached hydrogens (tertiary/aromatic N) is 2. The average Bonchev–Trinajstić information content (AvgIpc) is 2.42. The third-order valence-corrected chi connectivity index (χ3v) is 3.25. The highest BCUT2D eigenvalue weighted by Gasteiger charge is 2.09. The number of non-ortho nitro benzene ring substituents is 1. The molecule has 0 saturated carbocycles. The normalized spacial score (nSPS) is 10.2.